The van der Waals surface area contributed by atoms with Crippen LogP contribution >= 0.6 is 0 Å². The van der Waals surface area contributed by atoms with Crippen molar-refractivity contribution in [1.29, 1.82) is 5.26 Å². The van der Waals surface area contributed by atoms with Gasteiger partial charge in [-0.1, -0.05) is 66.8 Å². The van der Waals surface area contributed by atoms with E-state index < -0.39 is 0 Å². The lowest BCUT2D eigenvalue weighted by Crippen LogP contribution is -2.39. The highest BCUT2D eigenvalue weighted by Crippen LogP contribution is 2.28. The van der Waals surface area contributed by atoms with E-state index in [4.69, 9.17) is 11.5 Å². The van der Waals surface area contributed by atoms with E-state index >= 15 is 0 Å². The number of nitrogens with zero attached hydrogens (tertiary/aromatic N) is 3. The second-order valence-corrected chi connectivity index (χ2v) is 8.72. The van der Waals surface area contributed by atoms with Crippen LogP contribution in [0.15, 0.2) is 95.4 Å². The average Bonchev–Trinajstić information content (AvgIpc) is 3.02. The molecule has 0 bridgehead atoms. The molecule has 1 aliphatic heterocycles. The molecular formula is C28H31N5O. The van der Waals surface area contributed by atoms with Gasteiger partial charge in [-0.05, 0) is 36.0 Å². The molecule has 1 fully saturated rings. The molecule has 174 valence electrons. The molecule has 1 unspecified atom stereocenters. The van der Waals surface area contributed by atoms with Crippen LogP contribution in [0.2, 0.25) is 0 Å². The van der Waals surface area contributed by atoms with Crippen LogP contribution in [0.25, 0.3) is 5.57 Å². The first-order chi connectivity index (χ1) is 16.6. The fourth-order valence-electron chi connectivity index (χ4n) is 4.68. The topological polar surface area (TPSA) is 99.4 Å². The van der Waals surface area contributed by atoms with Crippen molar-refractivity contribution < 1.29 is 4.79 Å². The Balaban J connectivity index is 1.72. The molecule has 0 aromatic heterocycles. The zero-order chi connectivity index (χ0) is 23.9. The summed E-state index contributed by atoms with van der Waals surface area (Å²) in [6.07, 6.45) is 16.4. The Hall–Kier alpha value is -3.82. The molecule has 34 heavy (non-hydrogen) atoms. The lowest BCUT2D eigenvalue weighted by molar-refractivity contribution is -0.126. The number of benzene rings is 1. The first kappa shape index (κ1) is 23.3. The van der Waals surface area contributed by atoms with E-state index in [1.54, 1.807) is 0 Å². The number of carbonyl (C=O) groups is 1. The lowest BCUT2D eigenvalue weighted by Gasteiger charge is -2.29. The van der Waals surface area contributed by atoms with Crippen molar-refractivity contribution in [1.82, 2.24) is 9.80 Å². The number of hydrogen-bond acceptors (Lipinski definition) is 5. The molecule has 0 radical (unpaired) electrons. The van der Waals surface area contributed by atoms with Gasteiger partial charge in [-0.25, -0.2) is 0 Å². The monoisotopic (exact) mass is 453 g/mol. The van der Waals surface area contributed by atoms with E-state index in [1.807, 2.05) is 35.3 Å². The van der Waals surface area contributed by atoms with Gasteiger partial charge in [0, 0.05) is 38.1 Å². The fourth-order valence-corrected chi connectivity index (χ4v) is 4.68. The van der Waals surface area contributed by atoms with Crippen LogP contribution in [0.1, 0.15) is 24.8 Å². The van der Waals surface area contributed by atoms with Crippen LogP contribution in [-0.2, 0) is 4.79 Å². The van der Waals surface area contributed by atoms with Crippen molar-refractivity contribution in [3.63, 3.8) is 0 Å². The van der Waals surface area contributed by atoms with E-state index in [9.17, 15) is 10.1 Å². The lowest BCUT2D eigenvalue weighted by atomic mass is 9.94. The van der Waals surface area contributed by atoms with Crippen molar-refractivity contribution in [2.45, 2.75) is 25.3 Å². The van der Waals surface area contributed by atoms with E-state index in [-0.39, 0.29) is 11.9 Å². The first-order valence-electron chi connectivity index (χ1n) is 11.7. The summed E-state index contributed by atoms with van der Waals surface area (Å²) in [4.78, 5) is 17.7. The molecule has 3 aliphatic rings. The molecule has 0 saturated carbocycles. The van der Waals surface area contributed by atoms with Gasteiger partial charge in [-0.3, -0.25) is 9.69 Å². The summed E-state index contributed by atoms with van der Waals surface area (Å²) < 4.78 is 0. The van der Waals surface area contributed by atoms with Gasteiger partial charge in [0.15, 0.2) is 0 Å². The second-order valence-electron chi connectivity index (χ2n) is 8.72. The Kier molecular flexibility index (Phi) is 7.46. The van der Waals surface area contributed by atoms with Gasteiger partial charge in [0.2, 0.25) is 0 Å². The molecule has 2 aliphatic carbocycles. The summed E-state index contributed by atoms with van der Waals surface area (Å²) in [5.41, 5.74) is 16.8. The van der Waals surface area contributed by atoms with Gasteiger partial charge in [-0.2, -0.15) is 5.26 Å². The van der Waals surface area contributed by atoms with Gasteiger partial charge in [0.1, 0.15) is 0 Å². The van der Waals surface area contributed by atoms with Crippen LogP contribution < -0.4 is 11.5 Å². The molecule has 1 heterocycles. The average molecular weight is 454 g/mol. The minimum Gasteiger partial charge on any atom is -0.403 e. The van der Waals surface area contributed by atoms with Gasteiger partial charge in [0.05, 0.1) is 23.3 Å². The zero-order valence-electron chi connectivity index (χ0n) is 19.4. The van der Waals surface area contributed by atoms with Crippen LogP contribution in [0.5, 0.6) is 0 Å². The van der Waals surface area contributed by atoms with Crippen LogP contribution in [0.4, 0.5) is 0 Å². The molecule has 0 spiro atoms. The third-order valence-electron chi connectivity index (χ3n) is 6.44. The number of nitriles is 1. The van der Waals surface area contributed by atoms with E-state index in [0.717, 1.165) is 36.0 Å². The predicted octanol–water partition coefficient (Wildman–Crippen LogP) is 3.40. The summed E-state index contributed by atoms with van der Waals surface area (Å²) in [7, 11) is 0. The van der Waals surface area contributed by atoms with Crippen LogP contribution in [-0.4, -0.2) is 47.9 Å². The maximum Gasteiger partial charge on any atom is 0.255 e. The minimum atomic E-state index is -0.0902. The second kappa shape index (κ2) is 10.9. The van der Waals surface area contributed by atoms with E-state index in [0.29, 0.717) is 43.0 Å². The maximum absolute atomic E-state index is 13.6. The quantitative estimate of drug-likeness (QED) is 0.681. The molecule has 1 aromatic rings. The SMILES string of the molecule is N#CC1=CCCC=C1C(=O)N1CCN(C/C(N)=C/N)C2C=CC/C=C(c3ccccc3)\C=C/2C1. The van der Waals surface area contributed by atoms with Gasteiger partial charge >= 0.3 is 0 Å². The highest BCUT2D eigenvalue weighted by molar-refractivity contribution is 5.99. The van der Waals surface area contributed by atoms with Crippen molar-refractivity contribution >= 4 is 11.5 Å². The van der Waals surface area contributed by atoms with E-state index in [1.165, 1.54) is 6.20 Å². The van der Waals surface area contributed by atoms with E-state index in [2.05, 4.69) is 47.4 Å². The van der Waals surface area contributed by atoms with Gasteiger partial charge in [0.25, 0.3) is 5.91 Å². The molecule has 6 nitrogen and oxygen atoms in total. The molecule has 1 amide bonds. The first-order valence-corrected chi connectivity index (χ1v) is 11.7. The highest BCUT2D eigenvalue weighted by Gasteiger charge is 2.31. The predicted molar refractivity (Wildman–Crippen MR) is 136 cm³/mol. The molecule has 4 rings (SSSR count). The normalized spacial score (nSPS) is 24.6. The Morgan fingerprint density at radius 2 is 1.94 bits per heavy atom. The third kappa shape index (κ3) is 5.22. The molecule has 1 atom stereocenters. The number of amides is 1. The number of nitrogens with two attached hydrogens (primary N) is 2. The number of hydrogen-bond donors (Lipinski definition) is 2. The number of fused-ring (bicyclic) bond motifs is 1. The summed E-state index contributed by atoms with van der Waals surface area (Å²) >= 11 is 0. The molecule has 4 N–H and O–H groups in total. The minimum absolute atomic E-state index is 0.00460. The number of rotatable bonds is 4. The molecule has 6 heteroatoms. The standard InChI is InChI=1S/C28H31N5O/c29-17-23-11-4-6-12-26(23)28(34)33-15-14-32(20-25(31)18-30)27-13-7-5-10-22(16-24(27)19-33)21-8-2-1-3-9-21/h1-3,7-13,16,18,27H,4-6,14-15,19-20,30-31H2/b13-7?,22-10+,24-16-,25-18-. The highest BCUT2D eigenvalue weighted by atomic mass is 16.2. The molecular weight excluding hydrogens is 422 g/mol. The summed E-state index contributed by atoms with van der Waals surface area (Å²) in [6, 6.07) is 12.5. The van der Waals surface area contributed by atoms with Crippen molar-refractivity contribution in [3.8, 4) is 6.07 Å². The largest absolute Gasteiger partial charge is 0.403 e. The fraction of sp³-hybridized carbons (Fsp3) is 0.286. The van der Waals surface area contributed by atoms with Crippen molar-refractivity contribution in [2.24, 2.45) is 11.5 Å². The Morgan fingerprint density at radius 1 is 1.15 bits per heavy atom. The van der Waals surface area contributed by atoms with Crippen molar-refractivity contribution in [3.05, 3.63) is 101 Å². The van der Waals surface area contributed by atoms with Gasteiger partial charge in [-0.15, -0.1) is 0 Å². The Bertz CT molecular complexity index is 1150. The van der Waals surface area contributed by atoms with Crippen LogP contribution in [0, 0.1) is 11.3 Å². The molecule has 1 aromatic carbocycles. The van der Waals surface area contributed by atoms with Gasteiger partial charge < -0.3 is 16.4 Å². The van der Waals surface area contributed by atoms with Crippen molar-refractivity contribution in [2.75, 3.05) is 26.2 Å². The Morgan fingerprint density at radius 3 is 2.71 bits per heavy atom. The number of carbonyl (C=O) groups excluding carboxylic acids is 1. The van der Waals surface area contributed by atoms with Crippen LogP contribution in [0.3, 0.4) is 0 Å². The zero-order valence-corrected chi connectivity index (χ0v) is 19.4. The number of allylic oxidation sites excluding steroid dienone is 6. The smallest absolute Gasteiger partial charge is 0.255 e. The molecule has 1 saturated heterocycles. The summed E-state index contributed by atoms with van der Waals surface area (Å²) in [5.74, 6) is -0.0902. The third-order valence-corrected chi connectivity index (χ3v) is 6.44. The summed E-state index contributed by atoms with van der Waals surface area (Å²) in [5, 5.41) is 9.55. The Labute approximate surface area is 201 Å². The maximum atomic E-state index is 13.6. The summed E-state index contributed by atoms with van der Waals surface area (Å²) in [6.45, 7) is 2.19.